The molecule has 0 saturated heterocycles. The van der Waals surface area contributed by atoms with E-state index in [9.17, 15) is 4.79 Å². The molecule has 0 atom stereocenters. The summed E-state index contributed by atoms with van der Waals surface area (Å²) in [5.74, 6) is 1.63. The molecule has 1 aliphatic rings. The van der Waals surface area contributed by atoms with Gasteiger partial charge >= 0.3 is 0 Å². The highest BCUT2D eigenvalue weighted by molar-refractivity contribution is 6.32. The summed E-state index contributed by atoms with van der Waals surface area (Å²) in [4.78, 5) is 17.1. The first-order valence-electron chi connectivity index (χ1n) is 8.25. The third-order valence-corrected chi connectivity index (χ3v) is 4.34. The molecule has 6 nitrogen and oxygen atoms in total. The number of nitrogens with zero attached hydrogens (tertiary/aromatic N) is 3. The van der Waals surface area contributed by atoms with E-state index in [0.29, 0.717) is 52.0 Å². The average molecular weight is 370 g/mol. The molecule has 26 heavy (non-hydrogen) atoms. The maximum atomic E-state index is 12.7. The molecule has 0 radical (unpaired) electrons. The smallest absolute Gasteiger partial charge is 0.282 e. The molecule has 0 spiro atoms. The van der Waals surface area contributed by atoms with Crippen LogP contribution in [0.2, 0.25) is 5.02 Å². The molecule has 0 N–H and O–H groups in total. The molecule has 1 aliphatic heterocycles. The Kier molecular flexibility index (Phi) is 4.34. The van der Waals surface area contributed by atoms with E-state index in [1.165, 1.54) is 4.68 Å². The number of aromatic nitrogens is 2. The van der Waals surface area contributed by atoms with Gasteiger partial charge in [0.2, 0.25) is 0 Å². The number of fused-ring (bicyclic) bond motifs is 2. The fraction of sp³-hybridized carbons (Fsp3) is 0.211. The Hall–Kier alpha value is -2.86. The highest BCUT2D eigenvalue weighted by Crippen LogP contribution is 2.37. The lowest BCUT2D eigenvalue weighted by Gasteiger charge is -2.10. The van der Waals surface area contributed by atoms with Gasteiger partial charge in [-0.3, -0.25) is 4.79 Å². The van der Waals surface area contributed by atoms with Crippen molar-refractivity contribution in [2.75, 3.05) is 13.2 Å². The van der Waals surface area contributed by atoms with Crippen LogP contribution in [0.4, 0.5) is 0 Å². The lowest BCUT2D eigenvalue weighted by Crippen LogP contribution is -2.20. The van der Waals surface area contributed by atoms with Crippen molar-refractivity contribution in [2.24, 2.45) is 5.10 Å². The highest BCUT2D eigenvalue weighted by atomic mass is 35.5. The first kappa shape index (κ1) is 16.6. The summed E-state index contributed by atoms with van der Waals surface area (Å²) in [6, 6.07) is 10.7. The molecule has 1 aromatic heterocycles. The SMILES string of the molecule is Cc1nc2ccccc2c(=O)n1/N=C\c1cc(Cl)c2c(c1)OCCCO2. The van der Waals surface area contributed by atoms with E-state index in [1.807, 2.05) is 6.07 Å². The zero-order chi connectivity index (χ0) is 18.1. The van der Waals surface area contributed by atoms with Crippen LogP contribution in [0.25, 0.3) is 10.9 Å². The van der Waals surface area contributed by atoms with Crippen molar-refractivity contribution in [1.82, 2.24) is 9.66 Å². The highest BCUT2D eigenvalue weighted by Gasteiger charge is 2.15. The van der Waals surface area contributed by atoms with Crippen molar-refractivity contribution in [1.29, 1.82) is 0 Å². The van der Waals surface area contributed by atoms with Crippen molar-refractivity contribution in [3.8, 4) is 11.5 Å². The predicted octanol–water partition coefficient (Wildman–Crippen LogP) is 3.40. The van der Waals surface area contributed by atoms with Crippen LogP contribution >= 0.6 is 11.6 Å². The first-order chi connectivity index (χ1) is 12.6. The number of hydrogen-bond donors (Lipinski definition) is 0. The molecule has 0 bridgehead atoms. The van der Waals surface area contributed by atoms with E-state index in [4.69, 9.17) is 21.1 Å². The van der Waals surface area contributed by atoms with Gasteiger partial charge in [0, 0.05) is 6.42 Å². The minimum atomic E-state index is -0.218. The van der Waals surface area contributed by atoms with E-state index in [1.54, 1.807) is 43.5 Å². The monoisotopic (exact) mass is 369 g/mol. The van der Waals surface area contributed by atoms with Crippen LogP contribution in [0.15, 0.2) is 46.3 Å². The van der Waals surface area contributed by atoms with Crippen LogP contribution in [0.3, 0.4) is 0 Å². The van der Waals surface area contributed by atoms with Gasteiger partial charge in [-0.05, 0) is 36.8 Å². The standard InChI is InChI=1S/C19H16ClN3O3/c1-12-22-16-6-3-2-5-14(16)19(24)23(12)21-11-13-9-15(20)18-17(10-13)25-7-4-8-26-18/h2-3,5-6,9-11H,4,7-8H2,1H3/b21-11-. The largest absolute Gasteiger partial charge is 0.489 e. The van der Waals surface area contributed by atoms with Crippen molar-refractivity contribution in [2.45, 2.75) is 13.3 Å². The van der Waals surface area contributed by atoms with Crippen LogP contribution in [0.5, 0.6) is 11.5 Å². The van der Waals surface area contributed by atoms with Crippen molar-refractivity contribution in [3.63, 3.8) is 0 Å². The summed E-state index contributed by atoms with van der Waals surface area (Å²) in [6.07, 6.45) is 2.36. The number of halogens is 1. The quantitative estimate of drug-likeness (QED) is 0.649. The molecule has 0 unspecified atom stereocenters. The van der Waals surface area contributed by atoms with E-state index < -0.39 is 0 Å². The summed E-state index contributed by atoms with van der Waals surface area (Å²) >= 11 is 6.29. The molecular formula is C19H16ClN3O3. The van der Waals surface area contributed by atoms with E-state index in [2.05, 4.69) is 10.1 Å². The topological polar surface area (TPSA) is 65.7 Å². The van der Waals surface area contributed by atoms with E-state index in [-0.39, 0.29) is 5.56 Å². The lowest BCUT2D eigenvalue weighted by atomic mass is 10.2. The van der Waals surface area contributed by atoms with Gasteiger partial charge < -0.3 is 9.47 Å². The van der Waals surface area contributed by atoms with Gasteiger partial charge in [0.05, 0.1) is 35.4 Å². The first-order valence-corrected chi connectivity index (χ1v) is 8.63. The molecule has 2 aromatic carbocycles. The summed E-state index contributed by atoms with van der Waals surface area (Å²) in [5.41, 5.74) is 1.14. The van der Waals surface area contributed by atoms with Gasteiger partial charge in [0.15, 0.2) is 11.5 Å². The Morgan fingerprint density at radius 3 is 2.92 bits per heavy atom. The average Bonchev–Trinajstić information content (AvgIpc) is 2.87. The molecule has 7 heteroatoms. The normalized spacial score (nSPS) is 13.9. The second-order valence-electron chi connectivity index (χ2n) is 5.92. The number of para-hydroxylation sites is 1. The van der Waals surface area contributed by atoms with Gasteiger partial charge in [-0.15, -0.1) is 0 Å². The summed E-state index contributed by atoms with van der Waals surface area (Å²) < 4.78 is 12.6. The Bertz CT molecular complexity index is 1080. The third-order valence-electron chi connectivity index (χ3n) is 4.06. The molecule has 0 amide bonds. The predicted molar refractivity (Wildman–Crippen MR) is 101 cm³/mol. The molecule has 3 aromatic rings. The Labute approximate surface area is 154 Å². The number of ether oxygens (including phenoxy) is 2. The Morgan fingerprint density at radius 2 is 2.04 bits per heavy atom. The Balaban J connectivity index is 1.75. The van der Waals surface area contributed by atoms with Gasteiger partial charge in [0.1, 0.15) is 5.82 Å². The number of benzene rings is 2. The maximum absolute atomic E-state index is 12.7. The number of rotatable bonds is 2. The van der Waals surface area contributed by atoms with Crippen LogP contribution < -0.4 is 15.0 Å². The van der Waals surface area contributed by atoms with Crippen LogP contribution in [0.1, 0.15) is 17.8 Å². The second-order valence-corrected chi connectivity index (χ2v) is 6.33. The van der Waals surface area contributed by atoms with Crippen LogP contribution in [0, 0.1) is 6.92 Å². The maximum Gasteiger partial charge on any atom is 0.282 e. The van der Waals surface area contributed by atoms with Crippen molar-refractivity contribution < 1.29 is 9.47 Å². The second kappa shape index (κ2) is 6.80. The zero-order valence-corrected chi connectivity index (χ0v) is 14.9. The van der Waals surface area contributed by atoms with E-state index >= 15 is 0 Å². The molecule has 4 rings (SSSR count). The van der Waals surface area contributed by atoms with Gasteiger partial charge in [-0.2, -0.15) is 9.78 Å². The number of hydrogen-bond acceptors (Lipinski definition) is 5. The lowest BCUT2D eigenvalue weighted by molar-refractivity contribution is 0.297. The molecule has 0 aliphatic carbocycles. The fourth-order valence-electron chi connectivity index (χ4n) is 2.82. The molecule has 0 fully saturated rings. The molecule has 2 heterocycles. The van der Waals surface area contributed by atoms with Crippen LogP contribution in [-0.2, 0) is 0 Å². The zero-order valence-electron chi connectivity index (χ0n) is 14.1. The fourth-order valence-corrected chi connectivity index (χ4v) is 3.09. The molecular weight excluding hydrogens is 354 g/mol. The van der Waals surface area contributed by atoms with Gasteiger partial charge in [-0.25, -0.2) is 4.98 Å². The van der Waals surface area contributed by atoms with Crippen molar-refractivity contribution in [3.05, 3.63) is 63.2 Å². The molecule has 132 valence electrons. The minimum absolute atomic E-state index is 0.218. The van der Waals surface area contributed by atoms with Gasteiger partial charge in [-0.1, -0.05) is 23.7 Å². The molecule has 0 saturated carbocycles. The number of aryl methyl sites for hydroxylation is 1. The van der Waals surface area contributed by atoms with E-state index in [0.717, 1.165) is 6.42 Å². The third kappa shape index (κ3) is 3.04. The summed E-state index contributed by atoms with van der Waals surface area (Å²) in [6.45, 7) is 2.88. The van der Waals surface area contributed by atoms with Gasteiger partial charge in [0.25, 0.3) is 5.56 Å². The Morgan fingerprint density at radius 1 is 1.23 bits per heavy atom. The summed E-state index contributed by atoms with van der Waals surface area (Å²) in [5, 5.41) is 5.27. The summed E-state index contributed by atoms with van der Waals surface area (Å²) in [7, 11) is 0. The minimum Gasteiger partial charge on any atom is -0.489 e. The van der Waals surface area contributed by atoms with Crippen LogP contribution in [-0.4, -0.2) is 29.1 Å². The van der Waals surface area contributed by atoms with Crippen molar-refractivity contribution >= 4 is 28.7 Å².